The van der Waals surface area contributed by atoms with Gasteiger partial charge in [0.15, 0.2) is 0 Å². The number of carbonyl (C=O) groups is 2. The van der Waals surface area contributed by atoms with Gasteiger partial charge in [-0.1, -0.05) is 5.92 Å². The van der Waals surface area contributed by atoms with Gasteiger partial charge >= 0.3 is 0 Å². The van der Waals surface area contributed by atoms with Crippen molar-refractivity contribution < 1.29 is 18.4 Å². The Kier molecular flexibility index (Phi) is 3.58. The van der Waals surface area contributed by atoms with Gasteiger partial charge in [0.05, 0.1) is 11.1 Å². The summed E-state index contributed by atoms with van der Waals surface area (Å²) < 4.78 is 28.4. The lowest BCUT2D eigenvalue weighted by Crippen LogP contribution is -2.17. The fourth-order valence-electron chi connectivity index (χ4n) is 2.36. The van der Waals surface area contributed by atoms with E-state index in [0.29, 0.717) is 16.6 Å². The van der Waals surface area contributed by atoms with Crippen molar-refractivity contribution in [2.24, 2.45) is 5.73 Å². The minimum atomic E-state index is -1.30. The molecule has 0 bridgehead atoms. The number of nitrogens with one attached hydrogen (secondary N) is 1. The summed E-state index contributed by atoms with van der Waals surface area (Å²) in [5.74, 6) is -2.09. The zero-order chi connectivity index (χ0) is 17.4. The van der Waals surface area contributed by atoms with Crippen molar-refractivity contribution in [3.05, 3.63) is 64.5 Å². The third kappa shape index (κ3) is 2.30. The standard InChI is InChI=1S/C17H9F2N3O2/c1-2-8-5-10-11(7-22-17(10)21-6-8)15(23)13-12(18)4-3-9(14(13)19)16(20)24/h1,3-7H,(H2,20,24)(H,21,22). The quantitative estimate of drug-likeness (QED) is 0.571. The first-order valence-electron chi connectivity index (χ1n) is 6.70. The van der Waals surface area contributed by atoms with Gasteiger partial charge in [-0.05, 0) is 18.2 Å². The summed E-state index contributed by atoms with van der Waals surface area (Å²) in [6.07, 6.45) is 7.98. The number of H-pyrrole nitrogens is 1. The van der Waals surface area contributed by atoms with Gasteiger partial charge < -0.3 is 10.7 Å². The van der Waals surface area contributed by atoms with Crippen LogP contribution in [0.25, 0.3) is 11.0 Å². The highest BCUT2D eigenvalue weighted by atomic mass is 19.1. The topological polar surface area (TPSA) is 88.8 Å². The molecule has 2 heterocycles. The van der Waals surface area contributed by atoms with Crippen LogP contribution in [-0.2, 0) is 0 Å². The van der Waals surface area contributed by atoms with Gasteiger partial charge in [-0.2, -0.15) is 0 Å². The monoisotopic (exact) mass is 325 g/mol. The number of terminal acetylenes is 1. The normalized spacial score (nSPS) is 10.5. The Balaban J connectivity index is 2.22. The van der Waals surface area contributed by atoms with Gasteiger partial charge in [-0.15, -0.1) is 6.42 Å². The molecule has 0 unspecified atom stereocenters. The molecule has 0 saturated carbocycles. The zero-order valence-electron chi connectivity index (χ0n) is 12.1. The third-order valence-electron chi connectivity index (χ3n) is 3.53. The van der Waals surface area contributed by atoms with E-state index in [4.69, 9.17) is 12.2 Å². The van der Waals surface area contributed by atoms with Crippen molar-refractivity contribution in [2.45, 2.75) is 0 Å². The molecule has 118 valence electrons. The number of nitrogens with zero attached hydrogens (tertiary/aromatic N) is 1. The number of benzene rings is 1. The molecule has 0 saturated heterocycles. The fraction of sp³-hybridized carbons (Fsp3) is 0. The average molecular weight is 325 g/mol. The van der Waals surface area contributed by atoms with E-state index < -0.39 is 34.5 Å². The second-order valence-corrected chi connectivity index (χ2v) is 4.94. The Morgan fingerprint density at radius 2 is 2.00 bits per heavy atom. The van der Waals surface area contributed by atoms with Crippen LogP contribution in [0, 0.1) is 24.0 Å². The van der Waals surface area contributed by atoms with Crippen molar-refractivity contribution in [3.8, 4) is 12.3 Å². The number of rotatable bonds is 3. The Morgan fingerprint density at radius 1 is 1.25 bits per heavy atom. The molecule has 2 aromatic heterocycles. The number of primary amides is 1. The molecular weight excluding hydrogens is 316 g/mol. The number of amides is 1. The molecule has 7 heteroatoms. The molecule has 3 rings (SSSR count). The minimum Gasteiger partial charge on any atom is -0.366 e. The van der Waals surface area contributed by atoms with Gasteiger partial charge in [0.25, 0.3) is 5.91 Å². The average Bonchev–Trinajstić information content (AvgIpc) is 2.97. The summed E-state index contributed by atoms with van der Waals surface area (Å²) in [6, 6.07) is 3.20. The molecule has 1 amide bonds. The molecule has 0 radical (unpaired) electrons. The molecule has 0 spiro atoms. The van der Waals surface area contributed by atoms with Crippen molar-refractivity contribution >= 4 is 22.7 Å². The first-order chi connectivity index (χ1) is 11.4. The van der Waals surface area contributed by atoms with E-state index >= 15 is 0 Å². The second kappa shape index (κ2) is 5.59. The summed E-state index contributed by atoms with van der Waals surface area (Å²) in [5.41, 5.74) is 4.32. The molecule has 0 atom stereocenters. The number of aromatic amines is 1. The fourth-order valence-corrected chi connectivity index (χ4v) is 2.36. The van der Waals surface area contributed by atoms with Crippen LogP contribution < -0.4 is 5.73 Å². The van der Waals surface area contributed by atoms with Crippen LogP contribution in [0.1, 0.15) is 31.8 Å². The number of pyridine rings is 1. The lowest BCUT2D eigenvalue weighted by molar-refractivity contribution is 0.0996. The van der Waals surface area contributed by atoms with Crippen molar-refractivity contribution in [1.29, 1.82) is 0 Å². The first kappa shape index (κ1) is 15.4. The van der Waals surface area contributed by atoms with E-state index in [1.54, 1.807) is 0 Å². The lowest BCUT2D eigenvalue weighted by Gasteiger charge is -2.06. The predicted molar refractivity (Wildman–Crippen MR) is 82.3 cm³/mol. The molecule has 0 aliphatic heterocycles. The number of nitrogens with two attached hydrogens (primary N) is 1. The van der Waals surface area contributed by atoms with Crippen molar-refractivity contribution in [1.82, 2.24) is 9.97 Å². The number of ketones is 1. The zero-order valence-corrected chi connectivity index (χ0v) is 12.1. The molecular formula is C17H9F2N3O2. The molecule has 3 N–H and O–H groups in total. The van der Waals surface area contributed by atoms with E-state index in [1.807, 2.05) is 0 Å². The Bertz CT molecular complexity index is 1050. The molecule has 0 aliphatic carbocycles. The Hall–Kier alpha value is -3.53. The van der Waals surface area contributed by atoms with Crippen LogP contribution >= 0.6 is 0 Å². The smallest absolute Gasteiger partial charge is 0.251 e. The van der Waals surface area contributed by atoms with Crippen LogP contribution in [0.3, 0.4) is 0 Å². The van der Waals surface area contributed by atoms with E-state index in [1.165, 1.54) is 18.5 Å². The summed E-state index contributed by atoms with van der Waals surface area (Å²) in [6.45, 7) is 0. The maximum Gasteiger partial charge on any atom is 0.251 e. The molecule has 24 heavy (non-hydrogen) atoms. The summed E-state index contributed by atoms with van der Waals surface area (Å²) in [5, 5.41) is 0.318. The maximum atomic E-state index is 14.4. The van der Waals surface area contributed by atoms with Gasteiger partial charge in [0.1, 0.15) is 17.3 Å². The summed E-state index contributed by atoms with van der Waals surface area (Å²) >= 11 is 0. The maximum absolute atomic E-state index is 14.4. The second-order valence-electron chi connectivity index (χ2n) is 4.94. The largest absolute Gasteiger partial charge is 0.366 e. The van der Waals surface area contributed by atoms with Crippen LogP contribution in [0.2, 0.25) is 0 Å². The molecule has 5 nitrogen and oxygen atoms in total. The summed E-state index contributed by atoms with van der Waals surface area (Å²) in [4.78, 5) is 30.6. The molecule has 0 aliphatic rings. The van der Waals surface area contributed by atoms with Crippen LogP contribution in [-0.4, -0.2) is 21.7 Å². The highest BCUT2D eigenvalue weighted by Crippen LogP contribution is 2.25. The third-order valence-corrected chi connectivity index (χ3v) is 3.53. The van der Waals surface area contributed by atoms with Crippen LogP contribution in [0.5, 0.6) is 0 Å². The molecule has 0 fully saturated rings. The van der Waals surface area contributed by atoms with Gasteiger partial charge in [0, 0.05) is 28.9 Å². The number of aromatic nitrogens is 2. The predicted octanol–water partition coefficient (Wildman–Crippen LogP) is 2.15. The Labute approximate surface area is 134 Å². The lowest BCUT2D eigenvalue weighted by atomic mass is 9.99. The number of hydrogen-bond acceptors (Lipinski definition) is 3. The molecule has 3 aromatic rings. The minimum absolute atomic E-state index is 0.0194. The van der Waals surface area contributed by atoms with Gasteiger partial charge in [-0.3, -0.25) is 9.59 Å². The first-order valence-corrected chi connectivity index (χ1v) is 6.70. The van der Waals surface area contributed by atoms with Gasteiger partial charge in [0.2, 0.25) is 5.78 Å². The van der Waals surface area contributed by atoms with Crippen LogP contribution in [0.15, 0.2) is 30.6 Å². The van der Waals surface area contributed by atoms with Crippen molar-refractivity contribution in [2.75, 3.05) is 0 Å². The highest BCUT2D eigenvalue weighted by molar-refractivity contribution is 6.17. The van der Waals surface area contributed by atoms with Crippen molar-refractivity contribution in [3.63, 3.8) is 0 Å². The molecule has 1 aromatic carbocycles. The van der Waals surface area contributed by atoms with Gasteiger partial charge in [-0.25, -0.2) is 13.8 Å². The van der Waals surface area contributed by atoms with E-state index in [2.05, 4.69) is 15.9 Å². The Morgan fingerprint density at radius 3 is 2.67 bits per heavy atom. The number of hydrogen-bond donors (Lipinski definition) is 2. The van der Waals surface area contributed by atoms with Crippen LogP contribution in [0.4, 0.5) is 8.78 Å². The SMILES string of the molecule is C#Cc1cnc2[nH]cc(C(=O)c3c(F)ccc(C(N)=O)c3F)c2c1. The highest BCUT2D eigenvalue weighted by Gasteiger charge is 2.25. The number of carbonyl (C=O) groups excluding carboxylic acids is 2. The number of halogens is 2. The van der Waals surface area contributed by atoms with E-state index in [0.717, 1.165) is 12.1 Å². The van der Waals surface area contributed by atoms with E-state index in [-0.39, 0.29) is 5.56 Å². The summed E-state index contributed by atoms with van der Waals surface area (Å²) in [7, 11) is 0. The van der Waals surface area contributed by atoms with E-state index in [9.17, 15) is 18.4 Å². The number of fused-ring (bicyclic) bond motifs is 1.